The van der Waals surface area contributed by atoms with Crippen LogP contribution in [0.1, 0.15) is 42.4 Å². The van der Waals surface area contributed by atoms with Gasteiger partial charge in [0.05, 0.1) is 13.2 Å². The molecule has 4 aliphatic rings. The van der Waals surface area contributed by atoms with E-state index in [9.17, 15) is 0 Å². The van der Waals surface area contributed by atoms with Crippen molar-refractivity contribution in [3.8, 4) is 5.75 Å². The van der Waals surface area contributed by atoms with Crippen LogP contribution in [0, 0.1) is 5.92 Å². The number of nitrogens with zero attached hydrogens (tertiary/aromatic N) is 1. The molecule has 3 fully saturated rings. The van der Waals surface area contributed by atoms with Crippen molar-refractivity contribution < 1.29 is 14.2 Å². The predicted octanol–water partition coefficient (Wildman–Crippen LogP) is 4.31. The molecular formula is C26H31NO3. The van der Waals surface area contributed by atoms with Crippen molar-refractivity contribution in [1.29, 1.82) is 0 Å². The second kappa shape index (κ2) is 7.08. The van der Waals surface area contributed by atoms with Crippen LogP contribution in [-0.2, 0) is 27.9 Å². The zero-order valence-corrected chi connectivity index (χ0v) is 17.8. The van der Waals surface area contributed by atoms with Crippen molar-refractivity contribution >= 4 is 0 Å². The summed E-state index contributed by atoms with van der Waals surface area (Å²) in [6.45, 7) is 3.22. The lowest BCUT2D eigenvalue weighted by atomic mass is 9.51. The van der Waals surface area contributed by atoms with Gasteiger partial charge in [0.1, 0.15) is 12.4 Å². The number of hydrogen-bond donors (Lipinski definition) is 0. The number of likely N-dealkylation sites (N-methyl/N-ethyl adjacent to an activating group) is 1. The third-order valence-electron chi connectivity index (χ3n) is 8.18. The van der Waals surface area contributed by atoms with Crippen molar-refractivity contribution in [3.05, 3.63) is 65.2 Å². The molecule has 4 heteroatoms. The van der Waals surface area contributed by atoms with Crippen molar-refractivity contribution in [2.45, 2.75) is 56.0 Å². The topological polar surface area (TPSA) is 30.9 Å². The molecule has 2 saturated heterocycles. The molecule has 30 heavy (non-hydrogen) atoms. The fraction of sp³-hybridized carbons (Fsp3) is 0.538. The van der Waals surface area contributed by atoms with E-state index in [1.54, 1.807) is 0 Å². The quantitative estimate of drug-likeness (QED) is 0.762. The summed E-state index contributed by atoms with van der Waals surface area (Å²) in [6.07, 6.45) is 5.52. The Morgan fingerprint density at radius 2 is 1.90 bits per heavy atom. The van der Waals surface area contributed by atoms with Gasteiger partial charge in [0.15, 0.2) is 5.79 Å². The van der Waals surface area contributed by atoms with Gasteiger partial charge >= 0.3 is 0 Å². The molecule has 2 aliphatic carbocycles. The number of hydrogen-bond acceptors (Lipinski definition) is 4. The van der Waals surface area contributed by atoms with Crippen LogP contribution in [0.2, 0.25) is 0 Å². The van der Waals surface area contributed by atoms with E-state index >= 15 is 0 Å². The van der Waals surface area contributed by atoms with E-state index in [2.05, 4.69) is 54.4 Å². The third kappa shape index (κ3) is 2.92. The molecule has 2 heterocycles. The summed E-state index contributed by atoms with van der Waals surface area (Å²) < 4.78 is 18.7. The minimum Gasteiger partial charge on any atom is -0.489 e. The third-order valence-corrected chi connectivity index (χ3v) is 8.18. The molecule has 0 N–H and O–H groups in total. The van der Waals surface area contributed by atoms with Gasteiger partial charge in [-0.3, -0.25) is 0 Å². The lowest BCUT2D eigenvalue weighted by Crippen LogP contribution is -2.63. The van der Waals surface area contributed by atoms with Crippen molar-refractivity contribution in [2.24, 2.45) is 5.92 Å². The molecule has 158 valence electrons. The highest BCUT2D eigenvalue weighted by molar-refractivity contribution is 5.46. The highest BCUT2D eigenvalue weighted by Gasteiger charge is 2.60. The maximum atomic E-state index is 6.24. The summed E-state index contributed by atoms with van der Waals surface area (Å²) in [5.41, 5.74) is 4.33. The Bertz CT molecular complexity index is 923. The Morgan fingerprint density at radius 1 is 1.07 bits per heavy atom. The summed E-state index contributed by atoms with van der Waals surface area (Å²) in [4.78, 5) is 2.60. The van der Waals surface area contributed by atoms with Crippen LogP contribution in [-0.4, -0.2) is 43.5 Å². The number of benzene rings is 2. The van der Waals surface area contributed by atoms with Gasteiger partial charge in [-0.05, 0) is 67.6 Å². The van der Waals surface area contributed by atoms with Crippen LogP contribution in [0.4, 0.5) is 0 Å². The zero-order chi connectivity index (χ0) is 20.2. The highest BCUT2D eigenvalue weighted by atomic mass is 16.7. The average molecular weight is 406 g/mol. The van der Waals surface area contributed by atoms with Crippen molar-refractivity contribution in [3.63, 3.8) is 0 Å². The smallest absolute Gasteiger partial charge is 0.169 e. The summed E-state index contributed by atoms with van der Waals surface area (Å²) in [5, 5.41) is 0. The van der Waals surface area contributed by atoms with E-state index < -0.39 is 0 Å². The van der Waals surface area contributed by atoms with Gasteiger partial charge in [-0.1, -0.05) is 36.4 Å². The Labute approximate surface area is 179 Å². The number of fused-ring (bicyclic) bond motifs is 1. The molecule has 0 radical (unpaired) electrons. The van der Waals surface area contributed by atoms with E-state index in [1.165, 1.54) is 29.5 Å². The molecule has 2 aromatic rings. The lowest BCUT2D eigenvalue weighted by Gasteiger charge is -2.60. The number of ether oxygens (including phenoxy) is 3. The Balaban J connectivity index is 1.36. The number of rotatable bonds is 3. The molecule has 2 aromatic carbocycles. The Hall–Kier alpha value is -1.88. The summed E-state index contributed by atoms with van der Waals surface area (Å²) in [5.74, 6) is 1.29. The van der Waals surface area contributed by atoms with Gasteiger partial charge in [0, 0.05) is 24.3 Å². The second-order valence-corrected chi connectivity index (χ2v) is 9.68. The van der Waals surface area contributed by atoms with Crippen LogP contribution < -0.4 is 4.74 Å². The fourth-order valence-corrected chi connectivity index (χ4v) is 6.76. The van der Waals surface area contributed by atoms with Gasteiger partial charge in [0.2, 0.25) is 0 Å². The maximum Gasteiger partial charge on any atom is 0.169 e. The van der Waals surface area contributed by atoms with E-state index in [4.69, 9.17) is 14.2 Å². The summed E-state index contributed by atoms with van der Waals surface area (Å²) >= 11 is 0. The monoisotopic (exact) mass is 405 g/mol. The average Bonchev–Trinajstić information content (AvgIpc) is 3.23. The van der Waals surface area contributed by atoms with Gasteiger partial charge in [-0.25, -0.2) is 0 Å². The summed E-state index contributed by atoms with van der Waals surface area (Å²) in [7, 11) is 2.31. The molecule has 6 rings (SSSR count). The van der Waals surface area contributed by atoms with Gasteiger partial charge in [0.25, 0.3) is 0 Å². The number of piperidine rings is 1. The van der Waals surface area contributed by atoms with Crippen molar-refractivity contribution in [2.75, 3.05) is 26.8 Å². The Morgan fingerprint density at radius 3 is 2.73 bits per heavy atom. The molecule has 0 amide bonds. The van der Waals surface area contributed by atoms with E-state index in [0.29, 0.717) is 18.6 Å². The molecular weight excluding hydrogens is 374 g/mol. The molecule has 1 spiro atoms. The molecule has 1 saturated carbocycles. The van der Waals surface area contributed by atoms with Crippen LogP contribution in [0.5, 0.6) is 5.75 Å². The van der Waals surface area contributed by atoms with Crippen LogP contribution >= 0.6 is 0 Å². The SMILES string of the molecule is CN1CC[C@]23CC4(CC[C@H]2[C@H]1Cc1ccc(OCc2ccccc2)cc13)OCCO4. The molecule has 3 atom stereocenters. The van der Waals surface area contributed by atoms with Crippen LogP contribution in [0.3, 0.4) is 0 Å². The molecule has 4 nitrogen and oxygen atoms in total. The second-order valence-electron chi connectivity index (χ2n) is 9.68. The minimum atomic E-state index is -0.369. The first kappa shape index (κ1) is 18.9. The van der Waals surface area contributed by atoms with Gasteiger partial charge < -0.3 is 19.1 Å². The predicted molar refractivity (Wildman–Crippen MR) is 116 cm³/mol. The van der Waals surface area contributed by atoms with Crippen molar-refractivity contribution in [1.82, 2.24) is 4.90 Å². The van der Waals surface area contributed by atoms with Crippen LogP contribution in [0.15, 0.2) is 48.5 Å². The normalized spacial score (nSPS) is 31.9. The zero-order valence-electron chi connectivity index (χ0n) is 17.8. The van der Waals surface area contributed by atoms with Crippen LogP contribution in [0.25, 0.3) is 0 Å². The molecule has 0 unspecified atom stereocenters. The lowest BCUT2D eigenvalue weighted by molar-refractivity contribution is -0.212. The molecule has 0 aromatic heterocycles. The first-order valence-corrected chi connectivity index (χ1v) is 11.5. The fourth-order valence-electron chi connectivity index (χ4n) is 6.76. The molecule has 2 aliphatic heterocycles. The first-order chi connectivity index (χ1) is 14.7. The van der Waals surface area contributed by atoms with E-state index in [-0.39, 0.29) is 11.2 Å². The van der Waals surface area contributed by atoms with Gasteiger partial charge in [-0.2, -0.15) is 0 Å². The number of likely N-dealkylation sites (tertiary alicyclic amines) is 1. The minimum absolute atomic E-state index is 0.138. The summed E-state index contributed by atoms with van der Waals surface area (Å²) in [6, 6.07) is 17.9. The standard InChI is InChI=1S/C26H31NO3/c1-27-12-11-25-18-26(29-13-14-30-26)10-9-22(25)24(27)15-20-7-8-21(16-23(20)25)28-17-19-5-3-2-4-6-19/h2-8,16,22,24H,9-15,17-18H2,1H3/t22-,24+,25-/m0/s1. The van der Waals surface area contributed by atoms with E-state index in [0.717, 1.165) is 44.8 Å². The van der Waals surface area contributed by atoms with Gasteiger partial charge in [-0.15, -0.1) is 0 Å². The maximum absolute atomic E-state index is 6.24. The Kier molecular flexibility index (Phi) is 4.45. The first-order valence-electron chi connectivity index (χ1n) is 11.5. The van der Waals surface area contributed by atoms with E-state index in [1.807, 2.05) is 6.07 Å². The highest BCUT2D eigenvalue weighted by Crippen LogP contribution is 2.59. The molecule has 2 bridgehead atoms. The largest absolute Gasteiger partial charge is 0.489 e.